The number of hydrazine groups is 2. The molecule has 2 aromatic rings. The number of ether oxygens (including phenoxy) is 4. The lowest BCUT2D eigenvalue weighted by molar-refractivity contribution is 0.171. The highest BCUT2D eigenvalue weighted by molar-refractivity contribution is 5.56. The van der Waals surface area contributed by atoms with Crippen molar-refractivity contribution in [2.45, 2.75) is 12.1 Å². The summed E-state index contributed by atoms with van der Waals surface area (Å²) < 4.78 is 21.7. The summed E-state index contributed by atoms with van der Waals surface area (Å²) >= 11 is 0. The number of fused-ring (bicyclic) bond motifs is 1. The van der Waals surface area contributed by atoms with Gasteiger partial charge >= 0.3 is 0 Å². The predicted octanol–water partition coefficient (Wildman–Crippen LogP) is 1.83. The highest BCUT2D eigenvalue weighted by Gasteiger charge is 2.32. The summed E-state index contributed by atoms with van der Waals surface area (Å²) in [5.41, 5.74) is 11.7. The highest BCUT2D eigenvalue weighted by atomic mass is 16.7. The monoisotopic (exact) mass is 329 g/mol. The van der Waals surface area contributed by atoms with Crippen molar-refractivity contribution in [1.82, 2.24) is 16.4 Å². The molecule has 0 aromatic heterocycles. The van der Waals surface area contributed by atoms with E-state index in [2.05, 4.69) is 16.4 Å². The van der Waals surface area contributed by atoms with Crippen LogP contribution in [0.3, 0.4) is 0 Å². The average molecular weight is 329 g/mol. The second-order valence-electron chi connectivity index (χ2n) is 5.60. The van der Waals surface area contributed by atoms with E-state index in [1.807, 2.05) is 36.4 Å². The third kappa shape index (κ3) is 2.52. The minimum atomic E-state index is 0.00166. The second-order valence-corrected chi connectivity index (χ2v) is 5.60. The van der Waals surface area contributed by atoms with E-state index in [0.29, 0.717) is 17.2 Å². The van der Waals surface area contributed by atoms with Crippen LogP contribution >= 0.6 is 0 Å². The maximum absolute atomic E-state index is 5.53. The van der Waals surface area contributed by atoms with E-state index in [1.165, 1.54) is 0 Å². The van der Waals surface area contributed by atoms with Crippen molar-refractivity contribution < 1.29 is 18.9 Å². The Morgan fingerprint density at radius 3 is 2.38 bits per heavy atom. The largest absolute Gasteiger partial charge is 0.497 e. The predicted molar refractivity (Wildman–Crippen MR) is 87.0 cm³/mol. The van der Waals surface area contributed by atoms with E-state index >= 15 is 0 Å². The number of benzene rings is 2. The summed E-state index contributed by atoms with van der Waals surface area (Å²) in [6, 6.07) is 12.0. The first-order chi connectivity index (χ1) is 11.8. The van der Waals surface area contributed by atoms with E-state index in [4.69, 9.17) is 18.9 Å². The van der Waals surface area contributed by atoms with Crippen LogP contribution in [0.2, 0.25) is 0 Å². The molecule has 2 aromatic carbocycles. The third-order valence-corrected chi connectivity index (χ3v) is 4.30. The fourth-order valence-electron chi connectivity index (χ4n) is 3.06. The first kappa shape index (κ1) is 15.1. The molecule has 0 aliphatic carbocycles. The molecule has 0 amide bonds. The molecule has 3 N–H and O–H groups in total. The van der Waals surface area contributed by atoms with Crippen LogP contribution in [-0.4, -0.2) is 21.0 Å². The minimum Gasteiger partial charge on any atom is -0.497 e. The normalized spacial score (nSPS) is 21.8. The van der Waals surface area contributed by atoms with Crippen molar-refractivity contribution in [1.29, 1.82) is 0 Å². The first-order valence-electron chi connectivity index (χ1n) is 7.67. The molecule has 126 valence electrons. The fraction of sp³-hybridized carbons (Fsp3) is 0.294. The zero-order chi connectivity index (χ0) is 16.5. The molecule has 1 fully saturated rings. The van der Waals surface area contributed by atoms with Gasteiger partial charge in [0.15, 0.2) is 11.5 Å². The molecule has 2 heterocycles. The molecule has 0 saturated carbocycles. The van der Waals surface area contributed by atoms with E-state index in [1.54, 1.807) is 14.2 Å². The SMILES string of the molecule is COc1ccc(C2NNNC2c2cc(OC)c3c(c2)OCO3)cc1. The van der Waals surface area contributed by atoms with E-state index in [9.17, 15) is 0 Å². The molecule has 1 saturated heterocycles. The van der Waals surface area contributed by atoms with Crippen LogP contribution in [0, 0.1) is 0 Å². The lowest BCUT2D eigenvalue weighted by Gasteiger charge is -2.20. The van der Waals surface area contributed by atoms with Gasteiger partial charge in [0, 0.05) is 0 Å². The molecule has 7 heteroatoms. The molecule has 2 atom stereocenters. The Labute approximate surface area is 139 Å². The number of hydrogen-bond acceptors (Lipinski definition) is 7. The van der Waals surface area contributed by atoms with E-state index in [0.717, 1.165) is 16.9 Å². The van der Waals surface area contributed by atoms with Gasteiger partial charge in [-0.2, -0.15) is 5.53 Å². The summed E-state index contributed by atoms with van der Waals surface area (Å²) in [5.74, 6) is 2.86. The van der Waals surface area contributed by atoms with Gasteiger partial charge in [-0.3, -0.25) is 0 Å². The van der Waals surface area contributed by atoms with Crippen molar-refractivity contribution in [3.63, 3.8) is 0 Å². The summed E-state index contributed by atoms with van der Waals surface area (Å²) in [7, 11) is 3.29. The van der Waals surface area contributed by atoms with Crippen LogP contribution in [-0.2, 0) is 0 Å². The standard InChI is InChI=1S/C17H19N3O4/c1-21-12-5-3-10(4-6-12)15-16(19-20-18-15)11-7-13(22-2)17-14(8-11)23-9-24-17/h3-8,15-16,18-20H,9H2,1-2H3. The summed E-state index contributed by atoms with van der Waals surface area (Å²) in [6.45, 7) is 0.214. The molecule has 4 rings (SSSR count). The Bertz CT molecular complexity index is 735. The number of methoxy groups -OCH3 is 2. The fourth-order valence-corrected chi connectivity index (χ4v) is 3.06. The van der Waals surface area contributed by atoms with Crippen molar-refractivity contribution >= 4 is 0 Å². The van der Waals surface area contributed by atoms with Crippen LogP contribution in [0.15, 0.2) is 36.4 Å². The van der Waals surface area contributed by atoms with Gasteiger partial charge in [0.1, 0.15) is 5.75 Å². The van der Waals surface area contributed by atoms with Crippen LogP contribution in [0.4, 0.5) is 0 Å². The van der Waals surface area contributed by atoms with Gasteiger partial charge in [-0.05, 0) is 35.4 Å². The van der Waals surface area contributed by atoms with Crippen LogP contribution in [0.1, 0.15) is 23.2 Å². The molecule has 24 heavy (non-hydrogen) atoms. The molecule has 0 radical (unpaired) electrons. The Kier molecular flexibility index (Phi) is 3.89. The summed E-state index contributed by atoms with van der Waals surface area (Å²) in [5, 5.41) is 0. The zero-order valence-corrected chi connectivity index (χ0v) is 13.5. The van der Waals surface area contributed by atoms with Crippen LogP contribution < -0.4 is 35.3 Å². The molecule has 0 bridgehead atoms. The Morgan fingerprint density at radius 2 is 1.67 bits per heavy atom. The van der Waals surface area contributed by atoms with Gasteiger partial charge in [-0.15, -0.1) is 0 Å². The lowest BCUT2D eigenvalue weighted by Crippen LogP contribution is -2.31. The van der Waals surface area contributed by atoms with Gasteiger partial charge in [0.05, 0.1) is 26.3 Å². The van der Waals surface area contributed by atoms with Crippen LogP contribution in [0.5, 0.6) is 23.0 Å². The highest BCUT2D eigenvalue weighted by Crippen LogP contribution is 2.44. The first-order valence-corrected chi connectivity index (χ1v) is 7.67. The van der Waals surface area contributed by atoms with Crippen LogP contribution in [0.25, 0.3) is 0 Å². The van der Waals surface area contributed by atoms with Gasteiger partial charge in [-0.1, -0.05) is 12.1 Å². The topological polar surface area (TPSA) is 73.0 Å². The van der Waals surface area contributed by atoms with Gasteiger partial charge in [0.2, 0.25) is 12.5 Å². The molecule has 2 unspecified atom stereocenters. The maximum Gasteiger partial charge on any atom is 0.231 e. The molecule has 2 aliphatic rings. The van der Waals surface area contributed by atoms with Crippen molar-refractivity contribution in [3.8, 4) is 23.0 Å². The molecular formula is C17H19N3O4. The van der Waals surface area contributed by atoms with Crippen molar-refractivity contribution in [2.24, 2.45) is 0 Å². The Morgan fingerprint density at radius 1 is 0.917 bits per heavy atom. The Balaban J connectivity index is 1.67. The quantitative estimate of drug-likeness (QED) is 0.790. The van der Waals surface area contributed by atoms with Gasteiger partial charge in [0.25, 0.3) is 0 Å². The number of nitrogens with one attached hydrogen (secondary N) is 3. The maximum atomic E-state index is 5.53. The van der Waals surface area contributed by atoms with E-state index < -0.39 is 0 Å². The smallest absolute Gasteiger partial charge is 0.231 e. The molecule has 2 aliphatic heterocycles. The van der Waals surface area contributed by atoms with E-state index in [-0.39, 0.29) is 18.9 Å². The van der Waals surface area contributed by atoms with Crippen molar-refractivity contribution in [2.75, 3.05) is 21.0 Å². The summed E-state index contributed by atoms with van der Waals surface area (Å²) in [6.07, 6.45) is 0. The van der Waals surface area contributed by atoms with Gasteiger partial charge < -0.3 is 18.9 Å². The van der Waals surface area contributed by atoms with Crippen molar-refractivity contribution in [3.05, 3.63) is 47.5 Å². The average Bonchev–Trinajstić information content (AvgIpc) is 3.29. The minimum absolute atomic E-state index is 0.00166. The number of hydrogen-bond donors (Lipinski definition) is 3. The zero-order valence-electron chi connectivity index (χ0n) is 13.5. The molecular weight excluding hydrogens is 310 g/mol. The van der Waals surface area contributed by atoms with Gasteiger partial charge in [-0.25, -0.2) is 10.9 Å². The Hall–Kier alpha value is -2.48. The summed E-state index contributed by atoms with van der Waals surface area (Å²) in [4.78, 5) is 0. The number of rotatable bonds is 4. The molecule has 0 spiro atoms. The third-order valence-electron chi connectivity index (χ3n) is 4.30. The second kappa shape index (κ2) is 6.20. The lowest BCUT2D eigenvalue weighted by atomic mass is 9.94. The molecule has 7 nitrogen and oxygen atoms in total.